The lowest BCUT2D eigenvalue weighted by molar-refractivity contribution is 0.0674. The summed E-state index contributed by atoms with van der Waals surface area (Å²) in [6.07, 6.45) is 3.80. The molecular formula is C10H12ClNO2. The van der Waals surface area contributed by atoms with Crippen LogP contribution in [0.1, 0.15) is 36.3 Å². The molecule has 0 radical (unpaired) electrons. The Kier molecular flexibility index (Phi) is 2.27. The van der Waals surface area contributed by atoms with Crippen molar-refractivity contribution in [3.8, 4) is 0 Å². The molecule has 1 aromatic heterocycles. The van der Waals surface area contributed by atoms with Gasteiger partial charge in [-0.2, -0.15) is 0 Å². The van der Waals surface area contributed by atoms with E-state index in [1.807, 2.05) is 0 Å². The van der Waals surface area contributed by atoms with E-state index in [1.165, 1.54) is 6.07 Å². The van der Waals surface area contributed by atoms with E-state index in [0.29, 0.717) is 22.7 Å². The van der Waals surface area contributed by atoms with Gasteiger partial charge in [0.2, 0.25) is 0 Å². The summed E-state index contributed by atoms with van der Waals surface area (Å²) in [5.74, 6) is -0.209. The van der Waals surface area contributed by atoms with Crippen LogP contribution >= 0.6 is 11.6 Å². The maximum atomic E-state index is 10.9. The molecule has 0 aliphatic heterocycles. The summed E-state index contributed by atoms with van der Waals surface area (Å²) < 4.78 is 1.78. The number of carboxylic acids is 1. The standard InChI is InChI=1S/C10H12ClNO2/c1-6-2-8(3-6)12-5-7(11)4-9(12)10(13)14/h4-6,8H,2-3H2,1H3,(H,13,14). The van der Waals surface area contributed by atoms with Gasteiger partial charge in [0, 0.05) is 12.2 Å². The van der Waals surface area contributed by atoms with Gasteiger partial charge in [-0.1, -0.05) is 18.5 Å². The molecule has 0 atom stereocenters. The zero-order valence-corrected chi connectivity index (χ0v) is 8.66. The molecule has 4 heteroatoms. The molecular weight excluding hydrogens is 202 g/mol. The summed E-state index contributed by atoms with van der Waals surface area (Å²) in [4.78, 5) is 10.9. The Morgan fingerprint density at radius 3 is 2.79 bits per heavy atom. The Labute approximate surface area is 87.3 Å². The first-order valence-electron chi connectivity index (χ1n) is 4.68. The van der Waals surface area contributed by atoms with Crippen molar-refractivity contribution in [3.63, 3.8) is 0 Å². The minimum absolute atomic E-state index is 0.298. The number of nitrogens with zero attached hydrogens (tertiary/aromatic N) is 1. The molecule has 2 rings (SSSR count). The van der Waals surface area contributed by atoms with Crippen molar-refractivity contribution in [1.82, 2.24) is 4.57 Å². The minimum Gasteiger partial charge on any atom is -0.477 e. The molecule has 1 aromatic rings. The second kappa shape index (κ2) is 3.31. The largest absolute Gasteiger partial charge is 0.477 e. The molecule has 0 bridgehead atoms. The molecule has 1 heterocycles. The fraction of sp³-hybridized carbons (Fsp3) is 0.500. The molecule has 0 aromatic carbocycles. The van der Waals surface area contributed by atoms with Crippen LogP contribution in [0.15, 0.2) is 12.3 Å². The van der Waals surface area contributed by atoms with Crippen LogP contribution in [-0.2, 0) is 0 Å². The van der Waals surface area contributed by atoms with E-state index in [-0.39, 0.29) is 0 Å². The van der Waals surface area contributed by atoms with E-state index in [1.54, 1.807) is 10.8 Å². The summed E-state index contributed by atoms with van der Waals surface area (Å²) in [5.41, 5.74) is 0.298. The van der Waals surface area contributed by atoms with Crippen molar-refractivity contribution < 1.29 is 9.90 Å². The Morgan fingerprint density at radius 2 is 2.29 bits per heavy atom. The lowest BCUT2D eigenvalue weighted by Crippen LogP contribution is -2.26. The zero-order valence-electron chi connectivity index (χ0n) is 7.90. The van der Waals surface area contributed by atoms with Gasteiger partial charge in [0.25, 0.3) is 0 Å². The number of hydrogen-bond donors (Lipinski definition) is 1. The van der Waals surface area contributed by atoms with Gasteiger partial charge in [-0.25, -0.2) is 4.79 Å². The van der Waals surface area contributed by atoms with Crippen LogP contribution < -0.4 is 0 Å². The maximum Gasteiger partial charge on any atom is 0.352 e. The van der Waals surface area contributed by atoms with Crippen LogP contribution in [0.2, 0.25) is 5.02 Å². The number of carboxylic acid groups (broad SMARTS) is 1. The second-order valence-corrected chi connectivity index (χ2v) is 4.42. The topological polar surface area (TPSA) is 42.2 Å². The predicted molar refractivity (Wildman–Crippen MR) is 53.8 cm³/mol. The van der Waals surface area contributed by atoms with Gasteiger partial charge in [0.1, 0.15) is 5.69 Å². The Morgan fingerprint density at radius 1 is 1.64 bits per heavy atom. The molecule has 0 unspecified atom stereocenters. The van der Waals surface area contributed by atoms with Crippen LogP contribution in [0, 0.1) is 5.92 Å². The number of halogens is 1. The van der Waals surface area contributed by atoms with Crippen molar-refractivity contribution in [2.24, 2.45) is 5.92 Å². The van der Waals surface area contributed by atoms with Crippen molar-refractivity contribution in [1.29, 1.82) is 0 Å². The molecule has 0 saturated heterocycles. The average molecular weight is 214 g/mol. The molecule has 14 heavy (non-hydrogen) atoms. The van der Waals surface area contributed by atoms with Crippen LogP contribution in [0.5, 0.6) is 0 Å². The Hall–Kier alpha value is -0.960. The van der Waals surface area contributed by atoms with Crippen LogP contribution in [0.25, 0.3) is 0 Å². The third kappa shape index (κ3) is 1.52. The van der Waals surface area contributed by atoms with Gasteiger partial charge in [-0.3, -0.25) is 0 Å². The highest BCUT2D eigenvalue weighted by Gasteiger charge is 2.29. The third-order valence-corrected chi connectivity index (χ3v) is 2.98. The summed E-state index contributed by atoms with van der Waals surface area (Å²) in [6.45, 7) is 2.17. The lowest BCUT2D eigenvalue weighted by Gasteiger charge is -2.34. The first-order valence-corrected chi connectivity index (χ1v) is 5.06. The van der Waals surface area contributed by atoms with E-state index >= 15 is 0 Å². The highest BCUT2D eigenvalue weighted by atomic mass is 35.5. The van der Waals surface area contributed by atoms with Crippen LogP contribution in [0.3, 0.4) is 0 Å². The molecule has 76 valence electrons. The maximum absolute atomic E-state index is 10.9. The Balaban J connectivity index is 2.28. The van der Waals surface area contributed by atoms with Gasteiger partial charge in [0.05, 0.1) is 5.02 Å². The minimum atomic E-state index is -0.906. The summed E-state index contributed by atoms with van der Waals surface area (Å²) in [7, 11) is 0. The van der Waals surface area contributed by atoms with E-state index in [9.17, 15) is 4.79 Å². The van der Waals surface area contributed by atoms with Crippen LogP contribution in [0.4, 0.5) is 0 Å². The average Bonchev–Trinajstić information content (AvgIpc) is 2.41. The highest BCUT2D eigenvalue weighted by Crippen LogP contribution is 2.38. The first-order chi connectivity index (χ1) is 6.58. The molecule has 1 aliphatic carbocycles. The number of rotatable bonds is 2. The van der Waals surface area contributed by atoms with Gasteiger partial charge >= 0.3 is 5.97 Å². The fourth-order valence-corrected chi connectivity index (χ4v) is 2.21. The quantitative estimate of drug-likeness (QED) is 0.821. The lowest BCUT2D eigenvalue weighted by atomic mass is 9.81. The van der Waals surface area contributed by atoms with Crippen molar-refractivity contribution in [2.45, 2.75) is 25.8 Å². The van der Waals surface area contributed by atoms with Gasteiger partial charge in [-0.05, 0) is 24.8 Å². The van der Waals surface area contributed by atoms with Gasteiger partial charge < -0.3 is 9.67 Å². The zero-order chi connectivity index (χ0) is 10.3. The third-order valence-electron chi connectivity index (χ3n) is 2.78. The number of aromatic nitrogens is 1. The summed E-state index contributed by atoms with van der Waals surface area (Å²) in [6, 6.07) is 1.83. The SMILES string of the molecule is CC1CC(n2cc(Cl)cc2C(=O)O)C1. The molecule has 1 saturated carbocycles. The summed E-state index contributed by atoms with van der Waals surface area (Å²) >= 11 is 5.79. The Bertz CT molecular complexity index is 366. The number of hydrogen-bond acceptors (Lipinski definition) is 1. The molecule has 0 amide bonds. The monoisotopic (exact) mass is 213 g/mol. The van der Waals surface area contributed by atoms with E-state index in [4.69, 9.17) is 16.7 Å². The van der Waals surface area contributed by atoms with Crippen LogP contribution in [-0.4, -0.2) is 15.6 Å². The fourth-order valence-electron chi connectivity index (χ4n) is 2.01. The van der Waals surface area contributed by atoms with Crippen molar-refractivity contribution in [3.05, 3.63) is 23.0 Å². The first kappa shape index (κ1) is 9.59. The second-order valence-electron chi connectivity index (χ2n) is 3.99. The molecule has 1 aliphatic rings. The smallest absolute Gasteiger partial charge is 0.352 e. The number of aromatic carboxylic acids is 1. The molecule has 3 nitrogen and oxygen atoms in total. The van der Waals surface area contributed by atoms with Gasteiger partial charge in [0.15, 0.2) is 0 Å². The van der Waals surface area contributed by atoms with E-state index in [0.717, 1.165) is 12.8 Å². The summed E-state index contributed by atoms with van der Waals surface area (Å²) in [5, 5.41) is 9.44. The normalized spacial score (nSPS) is 25.9. The van der Waals surface area contributed by atoms with E-state index < -0.39 is 5.97 Å². The van der Waals surface area contributed by atoms with E-state index in [2.05, 4.69) is 6.92 Å². The van der Waals surface area contributed by atoms with Gasteiger partial charge in [-0.15, -0.1) is 0 Å². The van der Waals surface area contributed by atoms with Crippen molar-refractivity contribution in [2.75, 3.05) is 0 Å². The highest BCUT2D eigenvalue weighted by molar-refractivity contribution is 6.30. The predicted octanol–water partition coefficient (Wildman–Crippen LogP) is 2.81. The molecule has 0 spiro atoms. The molecule has 1 fully saturated rings. The van der Waals surface area contributed by atoms with Crippen molar-refractivity contribution >= 4 is 17.6 Å². The molecule has 1 N–H and O–H groups in total. The number of carbonyl (C=O) groups is 1.